The molecule has 0 bridgehead atoms. The molecule has 1 atom stereocenters. The van der Waals surface area contributed by atoms with Gasteiger partial charge < -0.3 is 14.6 Å². The summed E-state index contributed by atoms with van der Waals surface area (Å²) in [6.45, 7) is 5.24. The Morgan fingerprint density at radius 3 is 2.37 bits per heavy atom. The second kappa shape index (κ2) is 7.11. The van der Waals surface area contributed by atoms with Gasteiger partial charge in [-0.05, 0) is 23.2 Å². The number of ether oxygens (including phenoxy) is 1. The van der Waals surface area contributed by atoms with Crippen LogP contribution in [0, 0.1) is 5.41 Å². The van der Waals surface area contributed by atoms with Crippen LogP contribution in [0.15, 0.2) is 23.1 Å². The quantitative estimate of drug-likeness (QED) is 0.563. The number of nitrogens with one attached hydrogen (secondary N) is 1. The predicted molar refractivity (Wildman–Crippen MR) is 68.3 cm³/mol. The molecule has 0 saturated heterocycles. The Bertz CT molecular complexity index is 485. The van der Waals surface area contributed by atoms with Crippen LogP contribution in [0.2, 0.25) is 0 Å². The van der Waals surface area contributed by atoms with Crippen molar-refractivity contribution in [2.24, 2.45) is 5.41 Å². The number of hydrogen-bond donors (Lipinski definition) is 1. The fourth-order valence-electron chi connectivity index (χ4n) is 1.26. The number of benzene rings is 1. The number of amides is 1. The van der Waals surface area contributed by atoms with Crippen molar-refractivity contribution in [2.75, 3.05) is 12.4 Å². The van der Waals surface area contributed by atoms with E-state index in [4.69, 9.17) is 4.74 Å². The Balaban J connectivity index is 0.00000324. The van der Waals surface area contributed by atoms with Crippen molar-refractivity contribution in [1.82, 2.24) is 0 Å². The maximum Gasteiger partial charge on any atom is 1.00 e. The molecular weight excluding hydrogens is 261 g/mol. The number of rotatable bonds is 3. The maximum atomic E-state index is 11.9. The van der Waals surface area contributed by atoms with Crippen molar-refractivity contribution in [2.45, 2.75) is 25.7 Å². The number of methoxy groups -OCH3 is 1. The zero-order valence-electron chi connectivity index (χ0n) is 11.8. The van der Waals surface area contributed by atoms with Crippen molar-refractivity contribution in [3.63, 3.8) is 0 Å². The molecule has 0 heterocycles. The number of anilines is 1. The summed E-state index contributed by atoms with van der Waals surface area (Å²) >= 11 is -2.48. The fraction of sp³-hybridized carbons (Fsp3) is 0.417. The van der Waals surface area contributed by atoms with E-state index in [0.717, 1.165) is 0 Å². The Kier molecular flexibility index (Phi) is 6.81. The molecule has 1 aromatic rings. The van der Waals surface area contributed by atoms with Gasteiger partial charge >= 0.3 is 18.9 Å². The van der Waals surface area contributed by atoms with Crippen molar-refractivity contribution in [1.29, 1.82) is 0 Å². The van der Waals surface area contributed by atoms with Crippen LogP contribution in [0.5, 0.6) is 5.75 Å². The first-order chi connectivity index (χ1) is 8.27. The molecule has 7 heteroatoms. The van der Waals surface area contributed by atoms with Crippen molar-refractivity contribution in [3.05, 3.63) is 18.2 Å². The summed E-state index contributed by atoms with van der Waals surface area (Å²) in [7, 11) is 1.38. The Hall–Kier alpha value is -0.803. The van der Waals surface area contributed by atoms with E-state index in [1.54, 1.807) is 26.8 Å². The van der Waals surface area contributed by atoms with Crippen LogP contribution in [0.3, 0.4) is 0 Å². The molecule has 1 N–H and O–H groups in total. The molecule has 100 valence electrons. The average Bonchev–Trinajstić information content (AvgIpc) is 2.26. The Morgan fingerprint density at radius 1 is 1.37 bits per heavy atom. The standard InChI is InChI=1S/C12H17NO4S.Li/c1-12(2,3)11(14)13-8-6-5-7-9(17-4)10(8)18(15)16;/h5-7H,1-4H3,(H,13,14)(H,15,16);/q;+1/p-1. The summed E-state index contributed by atoms with van der Waals surface area (Å²) in [5, 5.41) is 2.59. The molecule has 0 radical (unpaired) electrons. The van der Waals surface area contributed by atoms with Gasteiger partial charge in [0.15, 0.2) is 0 Å². The van der Waals surface area contributed by atoms with Gasteiger partial charge in [0, 0.05) is 5.41 Å². The molecule has 0 aliphatic rings. The summed E-state index contributed by atoms with van der Waals surface area (Å²) in [4.78, 5) is 11.8. The average molecular weight is 277 g/mol. The molecule has 1 unspecified atom stereocenters. The van der Waals surface area contributed by atoms with E-state index in [1.165, 1.54) is 19.2 Å². The summed E-state index contributed by atoms with van der Waals surface area (Å²) in [5.74, 6) is -0.0579. The third-order valence-corrected chi connectivity index (χ3v) is 3.05. The fourth-order valence-corrected chi connectivity index (χ4v) is 1.87. The van der Waals surface area contributed by atoms with Gasteiger partial charge in [0.2, 0.25) is 5.91 Å². The number of carbonyl (C=O) groups excluding carboxylic acids is 1. The van der Waals surface area contributed by atoms with Gasteiger partial charge in [-0.3, -0.25) is 9.00 Å². The third-order valence-electron chi connectivity index (χ3n) is 2.29. The van der Waals surface area contributed by atoms with Crippen LogP contribution >= 0.6 is 0 Å². The molecule has 1 amide bonds. The van der Waals surface area contributed by atoms with Gasteiger partial charge in [-0.25, -0.2) is 0 Å². The number of carbonyl (C=O) groups is 1. The van der Waals surface area contributed by atoms with E-state index >= 15 is 0 Å². The molecule has 1 aromatic carbocycles. The normalized spacial score (nSPS) is 12.3. The Labute approximate surface area is 127 Å². The molecule has 0 spiro atoms. The minimum Gasteiger partial charge on any atom is -0.768 e. The van der Waals surface area contributed by atoms with Gasteiger partial charge in [-0.1, -0.05) is 26.8 Å². The van der Waals surface area contributed by atoms with Crippen LogP contribution < -0.4 is 28.9 Å². The second-order valence-corrected chi connectivity index (χ2v) is 5.65. The monoisotopic (exact) mass is 277 g/mol. The van der Waals surface area contributed by atoms with Crippen LogP contribution in [-0.4, -0.2) is 21.8 Å². The van der Waals surface area contributed by atoms with Gasteiger partial charge in [0.1, 0.15) is 5.75 Å². The molecule has 19 heavy (non-hydrogen) atoms. The topological polar surface area (TPSA) is 78.5 Å². The zero-order chi connectivity index (χ0) is 13.9. The maximum absolute atomic E-state index is 11.9. The Morgan fingerprint density at radius 2 is 1.95 bits per heavy atom. The van der Waals surface area contributed by atoms with Gasteiger partial charge in [0.05, 0.1) is 17.7 Å². The molecule has 1 rings (SSSR count). The number of hydrogen-bond acceptors (Lipinski definition) is 4. The molecular formula is C12H16LiNO4S. The molecule has 0 aliphatic carbocycles. The molecule has 0 aliphatic heterocycles. The first kappa shape index (κ1) is 18.2. The first-order valence-electron chi connectivity index (χ1n) is 5.35. The van der Waals surface area contributed by atoms with E-state index in [0.29, 0.717) is 0 Å². The molecule has 0 saturated carbocycles. The molecule has 0 aromatic heterocycles. The smallest absolute Gasteiger partial charge is 0.768 e. The minimum atomic E-state index is -2.48. The van der Waals surface area contributed by atoms with E-state index in [2.05, 4.69) is 5.32 Å². The summed E-state index contributed by atoms with van der Waals surface area (Å²) in [6.07, 6.45) is 0. The van der Waals surface area contributed by atoms with E-state index in [1.807, 2.05) is 0 Å². The predicted octanol–water partition coefficient (Wildman–Crippen LogP) is -1.08. The van der Waals surface area contributed by atoms with Crippen LogP contribution in [0.25, 0.3) is 0 Å². The van der Waals surface area contributed by atoms with E-state index in [9.17, 15) is 13.6 Å². The zero-order valence-corrected chi connectivity index (χ0v) is 12.6. The third kappa shape index (κ3) is 4.66. The minimum absolute atomic E-state index is 0. The molecule has 0 fully saturated rings. The van der Waals surface area contributed by atoms with Crippen molar-refractivity contribution >= 4 is 22.7 Å². The first-order valence-corrected chi connectivity index (χ1v) is 6.42. The van der Waals surface area contributed by atoms with Crippen LogP contribution in [0.1, 0.15) is 20.8 Å². The SMILES string of the molecule is COc1cccc(NC(=O)C(C)(C)C)c1S(=O)[O-].[Li+]. The largest absolute Gasteiger partial charge is 1.00 e. The summed E-state index contributed by atoms with van der Waals surface area (Å²) < 4.78 is 27.4. The van der Waals surface area contributed by atoms with Crippen molar-refractivity contribution < 1.29 is 37.2 Å². The van der Waals surface area contributed by atoms with E-state index < -0.39 is 16.5 Å². The summed E-state index contributed by atoms with van der Waals surface area (Å²) in [6, 6.07) is 4.67. The van der Waals surface area contributed by atoms with E-state index in [-0.39, 0.29) is 41.1 Å². The van der Waals surface area contributed by atoms with Gasteiger partial charge in [-0.2, -0.15) is 0 Å². The van der Waals surface area contributed by atoms with Crippen molar-refractivity contribution in [3.8, 4) is 5.75 Å². The summed E-state index contributed by atoms with van der Waals surface area (Å²) in [5.41, 5.74) is -0.382. The molecule has 5 nitrogen and oxygen atoms in total. The van der Waals surface area contributed by atoms with Crippen LogP contribution in [-0.2, 0) is 15.9 Å². The van der Waals surface area contributed by atoms with Gasteiger partial charge in [-0.15, -0.1) is 0 Å². The second-order valence-electron chi connectivity index (χ2n) is 4.78. The van der Waals surface area contributed by atoms with Gasteiger partial charge in [0.25, 0.3) is 0 Å². The van der Waals surface area contributed by atoms with Crippen LogP contribution in [0.4, 0.5) is 5.69 Å².